The van der Waals surface area contributed by atoms with Crippen LogP contribution in [-0.2, 0) is 17.9 Å². The fourth-order valence-electron chi connectivity index (χ4n) is 3.57. The highest BCUT2D eigenvalue weighted by Gasteiger charge is 2.26. The third-order valence-electron chi connectivity index (χ3n) is 4.65. The second-order valence-electron chi connectivity index (χ2n) is 5.91. The van der Waals surface area contributed by atoms with E-state index in [1.807, 2.05) is 0 Å². The van der Waals surface area contributed by atoms with Gasteiger partial charge in [0.1, 0.15) is 6.61 Å². The predicted molar refractivity (Wildman–Crippen MR) is 83.7 cm³/mol. The maximum atomic E-state index is 5.24. The van der Waals surface area contributed by atoms with Gasteiger partial charge in [-0.2, -0.15) is 4.89 Å². The first-order valence-electron chi connectivity index (χ1n) is 7.65. The summed E-state index contributed by atoms with van der Waals surface area (Å²) in [6.07, 6.45) is 1.06. The molecule has 110 valence electrons. The molecule has 5 rings (SSSR count). The minimum absolute atomic E-state index is 0.172. The molecule has 0 spiro atoms. The summed E-state index contributed by atoms with van der Waals surface area (Å²) in [5.41, 5.74) is 6.22. The molecule has 0 aliphatic carbocycles. The lowest BCUT2D eigenvalue weighted by Gasteiger charge is -2.25. The van der Waals surface area contributed by atoms with Crippen molar-refractivity contribution in [3.05, 3.63) is 64.8 Å². The monoisotopic (exact) mass is 292 g/mol. The topological polar surface area (TPSA) is 46.3 Å². The molecule has 2 aromatic carbocycles. The molecule has 1 atom stereocenters. The van der Waals surface area contributed by atoms with Crippen LogP contribution in [-0.4, -0.2) is 11.5 Å². The average molecular weight is 292 g/mol. The van der Waals surface area contributed by atoms with Crippen molar-refractivity contribution in [2.45, 2.75) is 19.1 Å². The molecule has 2 aliphatic rings. The van der Waals surface area contributed by atoms with Gasteiger partial charge in [0, 0.05) is 28.7 Å². The van der Waals surface area contributed by atoms with Gasteiger partial charge in [0.2, 0.25) is 0 Å². The van der Waals surface area contributed by atoms with Gasteiger partial charge in [-0.3, -0.25) is 0 Å². The molecule has 0 fully saturated rings. The van der Waals surface area contributed by atoms with Crippen LogP contribution in [0.15, 0.2) is 42.5 Å². The maximum Gasteiger partial charge on any atom is 0.171 e. The fraction of sp³-hybridized carbons (Fsp3) is 0.222. The number of hydrogen-bond acceptors (Lipinski definition) is 3. The van der Waals surface area contributed by atoms with Crippen molar-refractivity contribution in [1.82, 2.24) is 10.3 Å². The van der Waals surface area contributed by atoms with Gasteiger partial charge in [0.05, 0.1) is 6.04 Å². The molecule has 1 aromatic heterocycles. The number of H-pyrrole nitrogens is 1. The maximum absolute atomic E-state index is 5.24. The molecule has 2 aliphatic heterocycles. The molecule has 2 N–H and O–H groups in total. The van der Waals surface area contributed by atoms with Gasteiger partial charge in [-0.1, -0.05) is 30.3 Å². The van der Waals surface area contributed by atoms with Crippen molar-refractivity contribution >= 4 is 10.9 Å². The molecule has 0 bridgehead atoms. The second-order valence-corrected chi connectivity index (χ2v) is 5.91. The molecule has 4 nitrogen and oxygen atoms in total. The Kier molecular flexibility index (Phi) is 2.56. The summed E-state index contributed by atoms with van der Waals surface area (Å²) in [6, 6.07) is 15.0. The van der Waals surface area contributed by atoms with Crippen LogP contribution in [0, 0.1) is 0 Å². The molecule has 22 heavy (non-hydrogen) atoms. The van der Waals surface area contributed by atoms with Crippen molar-refractivity contribution in [2.75, 3.05) is 6.54 Å². The normalized spacial score (nSPS) is 19.7. The van der Waals surface area contributed by atoms with Gasteiger partial charge in [-0.05, 0) is 29.7 Å². The van der Waals surface area contributed by atoms with Crippen molar-refractivity contribution in [1.29, 1.82) is 0 Å². The van der Waals surface area contributed by atoms with E-state index in [0.717, 1.165) is 24.3 Å². The van der Waals surface area contributed by atoms with Crippen LogP contribution in [0.1, 0.15) is 28.4 Å². The molecule has 0 radical (unpaired) electrons. The van der Waals surface area contributed by atoms with Crippen LogP contribution in [0.2, 0.25) is 0 Å². The first-order valence-corrected chi connectivity index (χ1v) is 7.65. The summed E-state index contributed by atoms with van der Waals surface area (Å²) in [5.74, 6) is 0.836. The third-order valence-corrected chi connectivity index (χ3v) is 4.65. The SMILES string of the molecule is c1ccc2c3c([nH]c2c1)[C@@H](c1ccc2c(c1)OOC2)NCC3. The second kappa shape index (κ2) is 4.60. The van der Waals surface area contributed by atoms with E-state index in [1.165, 1.54) is 27.7 Å². The molecular weight excluding hydrogens is 276 g/mol. The van der Waals surface area contributed by atoms with E-state index >= 15 is 0 Å². The van der Waals surface area contributed by atoms with E-state index in [4.69, 9.17) is 9.78 Å². The van der Waals surface area contributed by atoms with E-state index in [-0.39, 0.29) is 6.04 Å². The van der Waals surface area contributed by atoms with Crippen LogP contribution in [0.5, 0.6) is 5.75 Å². The van der Waals surface area contributed by atoms with Gasteiger partial charge >= 0.3 is 0 Å². The lowest BCUT2D eigenvalue weighted by molar-refractivity contribution is -0.194. The first-order chi connectivity index (χ1) is 10.9. The van der Waals surface area contributed by atoms with E-state index in [2.05, 4.69) is 52.8 Å². The Bertz CT molecular complexity index is 869. The summed E-state index contributed by atoms with van der Waals surface area (Å²) in [5, 5.41) is 4.95. The van der Waals surface area contributed by atoms with E-state index in [1.54, 1.807) is 0 Å². The Labute approximate surface area is 128 Å². The Morgan fingerprint density at radius 2 is 2.05 bits per heavy atom. The summed E-state index contributed by atoms with van der Waals surface area (Å²) in [7, 11) is 0. The van der Waals surface area contributed by atoms with Gasteiger partial charge in [-0.25, -0.2) is 0 Å². The van der Waals surface area contributed by atoms with Crippen LogP contribution < -0.4 is 10.2 Å². The zero-order valence-electron chi connectivity index (χ0n) is 12.1. The number of aromatic nitrogens is 1. The average Bonchev–Trinajstić information content (AvgIpc) is 3.18. The molecule has 3 heterocycles. The molecular formula is C18H16N2O2. The lowest BCUT2D eigenvalue weighted by atomic mass is 9.93. The molecule has 0 saturated heterocycles. The summed E-state index contributed by atoms with van der Waals surface area (Å²) >= 11 is 0. The Morgan fingerprint density at radius 3 is 3.05 bits per heavy atom. The van der Waals surface area contributed by atoms with Gasteiger partial charge < -0.3 is 15.2 Å². The Morgan fingerprint density at radius 1 is 1.09 bits per heavy atom. The third kappa shape index (κ3) is 1.71. The van der Waals surface area contributed by atoms with Gasteiger partial charge in [0.15, 0.2) is 5.75 Å². The zero-order valence-corrected chi connectivity index (χ0v) is 12.1. The summed E-state index contributed by atoms with van der Waals surface area (Å²) < 4.78 is 0. The van der Waals surface area contributed by atoms with Crippen molar-refractivity contribution in [2.24, 2.45) is 0 Å². The molecule has 0 unspecified atom stereocenters. The van der Waals surface area contributed by atoms with Crippen LogP contribution in [0.3, 0.4) is 0 Å². The largest absolute Gasteiger partial charge is 0.357 e. The fourth-order valence-corrected chi connectivity index (χ4v) is 3.57. The number of aromatic amines is 1. The van der Waals surface area contributed by atoms with Crippen molar-refractivity contribution in [3.8, 4) is 5.75 Å². The molecule has 3 aromatic rings. The lowest BCUT2D eigenvalue weighted by Crippen LogP contribution is -2.30. The Balaban J connectivity index is 1.65. The van der Waals surface area contributed by atoms with Crippen LogP contribution >= 0.6 is 0 Å². The highest BCUT2D eigenvalue weighted by Crippen LogP contribution is 2.36. The predicted octanol–water partition coefficient (Wildman–Crippen LogP) is 3.23. The minimum Gasteiger partial charge on any atom is -0.357 e. The highest BCUT2D eigenvalue weighted by molar-refractivity contribution is 5.85. The van der Waals surface area contributed by atoms with Crippen LogP contribution in [0.25, 0.3) is 10.9 Å². The zero-order chi connectivity index (χ0) is 14.5. The number of rotatable bonds is 1. The van der Waals surface area contributed by atoms with Gasteiger partial charge in [-0.15, -0.1) is 0 Å². The summed E-state index contributed by atoms with van der Waals surface area (Å²) in [6.45, 7) is 1.51. The number of hydrogen-bond donors (Lipinski definition) is 2. The van der Waals surface area contributed by atoms with Crippen molar-refractivity contribution in [3.63, 3.8) is 0 Å². The smallest absolute Gasteiger partial charge is 0.171 e. The van der Waals surface area contributed by atoms with Crippen molar-refractivity contribution < 1.29 is 9.78 Å². The van der Waals surface area contributed by atoms with E-state index in [0.29, 0.717) is 6.61 Å². The molecule has 4 heteroatoms. The minimum atomic E-state index is 0.172. The number of benzene rings is 2. The summed E-state index contributed by atoms with van der Waals surface area (Å²) in [4.78, 5) is 13.9. The van der Waals surface area contributed by atoms with Crippen LogP contribution in [0.4, 0.5) is 0 Å². The van der Waals surface area contributed by atoms with E-state index < -0.39 is 0 Å². The quantitative estimate of drug-likeness (QED) is 0.677. The van der Waals surface area contributed by atoms with E-state index in [9.17, 15) is 0 Å². The Hall–Kier alpha value is -2.30. The number of nitrogens with one attached hydrogen (secondary N) is 2. The number of fused-ring (bicyclic) bond motifs is 4. The molecule has 0 amide bonds. The van der Waals surface area contributed by atoms with Gasteiger partial charge in [0.25, 0.3) is 0 Å². The highest BCUT2D eigenvalue weighted by atomic mass is 17.2. The standard InChI is InChI=1S/C18H16N2O2/c1-2-4-15-13(3-1)14-7-8-19-17(18(14)20-15)11-5-6-12-10-21-22-16(12)9-11/h1-6,9,17,19-20H,7-8,10H2/t17-/m1/s1. The molecule has 0 saturated carbocycles. The number of para-hydroxylation sites is 1. The first kappa shape index (κ1) is 12.3.